The molecule has 1 aliphatic carbocycles. The molecule has 2 N–H and O–H groups in total. The fourth-order valence-corrected chi connectivity index (χ4v) is 4.96. The van der Waals surface area contributed by atoms with Crippen molar-refractivity contribution in [1.82, 2.24) is 15.0 Å². The fraction of sp³-hybridized carbons (Fsp3) is 0.375. The molecule has 1 aromatic carbocycles. The average Bonchev–Trinajstić information content (AvgIpc) is 2.83. The third-order valence-electron chi connectivity index (χ3n) is 5.46. The molecule has 0 amide bonds. The van der Waals surface area contributed by atoms with Crippen molar-refractivity contribution in [1.29, 1.82) is 0 Å². The predicted octanol–water partition coefficient (Wildman–Crippen LogP) is 6.35. The molecule has 0 aliphatic heterocycles. The average molecular weight is 504 g/mol. The van der Waals surface area contributed by atoms with E-state index >= 15 is 0 Å². The molecule has 34 heavy (non-hydrogen) atoms. The Hall–Kier alpha value is -2.62. The third kappa shape index (κ3) is 6.28. The summed E-state index contributed by atoms with van der Waals surface area (Å²) in [5, 5.41) is 3.45. The van der Waals surface area contributed by atoms with Gasteiger partial charge < -0.3 is 14.6 Å². The molecule has 1 aliphatic rings. The van der Waals surface area contributed by atoms with Crippen LogP contribution in [-0.2, 0) is 11.4 Å². The topological polar surface area (TPSA) is 95.0 Å². The smallest absolute Gasteiger partial charge is 0.228 e. The van der Waals surface area contributed by atoms with E-state index in [-0.39, 0.29) is 16.7 Å². The Morgan fingerprint density at radius 2 is 2.00 bits per heavy atom. The zero-order valence-corrected chi connectivity index (χ0v) is 20.5. The summed E-state index contributed by atoms with van der Waals surface area (Å²) in [6, 6.07) is 8.35. The Labute approximate surface area is 206 Å². The number of ether oxygens (including phenoxy) is 1. The van der Waals surface area contributed by atoms with Gasteiger partial charge in [0.2, 0.25) is 11.8 Å². The van der Waals surface area contributed by atoms with Crippen molar-refractivity contribution in [3.8, 4) is 22.9 Å². The van der Waals surface area contributed by atoms with E-state index in [1.54, 1.807) is 30.6 Å². The molecule has 1 unspecified atom stereocenters. The first-order valence-corrected chi connectivity index (χ1v) is 13.1. The van der Waals surface area contributed by atoms with Gasteiger partial charge in [-0.3, -0.25) is 0 Å². The molecule has 0 bridgehead atoms. The van der Waals surface area contributed by atoms with E-state index < -0.39 is 17.2 Å². The van der Waals surface area contributed by atoms with Crippen LogP contribution >= 0.6 is 11.6 Å². The molecule has 0 radical (unpaired) electrons. The normalized spacial score (nSPS) is 15.1. The molecule has 3 aromatic rings. The second-order valence-corrected chi connectivity index (χ2v) is 9.83. The van der Waals surface area contributed by atoms with Gasteiger partial charge in [0, 0.05) is 24.5 Å². The standard InChI is InChI=1S/C24H27ClFN5O2S/c1-2-13-34(32)31-17-14-19(25)22(20(26)15-17)33-23-18(9-6-11-27-23)21-10-12-28-24(30-21)29-16-7-4-3-5-8-16/h6,9-12,14-16,31H,2-5,7-8,13H2,1H3,(H,28,29,30). The summed E-state index contributed by atoms with van der Waals surface area (Å²) >= 11 is 4.99. The van der Waals surface area contributed by atoms with Crippen LogP contribution in [0.15, 0.2) is 42.7 Å². The molecule has 1 atom stereocenters. The second kappa shape index (κ2) is 11.7. The number of benzene rings is 1. The molecule has 1 saturated carbocycles. The Morgan fingerprint density at radius 3 is 2.76 bits per heavy atom. The van der Waals surface area contributed by atoms with Gasteiger partial charge in [0.05, 0.1) is 33.3 Å². The van der Waals surface area contributed by atoms with E-state index in [9.17, 15) is 8.94 Å². The number of nitrogens with one attached hydrogen (secondary N) is 2. The Bertz CT molecular complexity index is 1090. The lowest BCUT2D eigenvalue weighted by molar-refractivity contribution is 0.429. The summed E-state index contributed by atoms with van der Waals surface area (Å²) in [5.74, 6) is 0.302. The minimum absolute atomic E-state index is 0.0370. The fourth-order valence-electron chi connectivity index (χ4n) is 3.86. The van der Waals surface area contributed by atoms with Crippen LogP contribution in [0.4, 0.5) is 16.0 Å². The summed E-state index contributed by atoms with van der Waals surface area (Å²) in [4.78, 5) is 13.3. The summed E-state index contributed by atoms with van der Waals surface area (Å²) in [6.07, 6.45) is 9.83. The molecule has 0 spiro atoms. The number of hydrogen-bond acceptors (Lipinski definition) is 7. The van der Waals surface area contributed by atoms with E-state index in [1.165, 1.54) is 31.4 Å². The molecule has 7 nitrogen and oxygen atoms in total. The van der Waals surface area contributed by atoms with Crippen molar-refractivity contribution in [2.45, 2.75) is 51.5 Å². The van der Waals surface area contributed by atoms with Crippen LogP contribution in [0.2, 0.25) is 5.02 Å². The molecule has 180 valence electrons. The Morgan fingerprint density at radius 1 is 1.18 bits per heavy atom. The van der Waals surface area contributed by atoms with Gasteiger partial charge in [-0.05, 0) is 43.5 Å². The molecule has 2 aromatic heterocycles. The highest BCUT2D eigenvalue weighted by molar-refractivity contribution is 7.92. The lowest BCUT2D eigenvalue weighted by atomic mass is 9.96. The first-order chi connectivity index (χ1) is 16.5. The van der Waals surface area contributed by atoms with E-state index in [2.05, 4.69) is 25.0 Å². The van der Waals surface area contributed by atoms with Gasteiger partial charge in [0.15, 0.2) is 11.6 Å². The van der Waals surface area contributed by atoms with Crippen LogP contribution < -0.4 is 14.8 Å². The van der Waals surface area contributed by atoms with Crippen molar-refractivity contribution in [3.63, 3.8) is 0 Å². The lowest BCUT2D eigenvalue weighted by Crippen LogP contribution is -2.23. The third-order valence-corrected chi connectivity index (χ3v) is 6.98. The summed E-state index contributed by atoms with van der Waals surface area (Å²) in [7, 11) is 0. The molecule has 1 fully saturated rings. The van der Waals surface area contributed by atoms with Crippen molar-refractivity contribution in [3.05, 3.63) is 53.6 Å². The van der Waals surface area contributed by atoms with E-state index in [0.29, 0.717) is 34.7 Å². The summed E-state index contributed by atoms with van der Waals surface area (Å²) < 4.78 is 35.4. The van der Waals surface area contributed by atoms with E-state index in [1.807, 2.05) is 6.92 Å². The molecule has 10 heteroatoms. The summed E-state index contributed by atoms with van der Waals surface area (Å²) in [5.41, 5.74) is 1.50. The molecule has 2 heterocycles. The van der Waals surface area contributed by atoms with Gasteiger partial charge in [0.25, 0.3) is 0 Å². The van der Waals surface area contributed by atoms with Crippen molar-refractivity contribution < 1.29 is 13.7 Å². The highest BCUT2D eigenvalue weighted by Gasteiger charge is 2.19. The number of hydrogen-bond donors (Lipinski definition) is 2. The van der Waals surface area contributed by atoms with Gasteiger partial charge in [-0.25, -0.2) is 24.1 Å². The first kappa shape index (κ1) is 24.5. The lowest BCUT2D eigenvalue weighted by Gasteiger charge is -2.22. The molecular weight excluding hydrogens is 477 g/mol. The van der Waals surface area contributed by atoms with E-state index in [0.717, 1.165) is 19.3 Å². The maximum absolute atomic E-state index is 14.9. The van der Waals surface area contributed by atoms with Crippen molar-refractivity contribution in [2.75, 3.05) is 15.8 Å². The maximum Gasteiger partial charge on any atom is 0.228 e. The SMILES string of the molecule is CCC[S+]([O-])Nc1cc(F)c(Oc2ncccc2-c2ccnc(NC3CCCCC3)n2)c(Cl)c1. The Balaban J connectivity index is 1.56. The minimum Gasteiger partial charge on any atom is -0.593 e. The number of pyridine rings is 1. The predicted molar refractivity (Wildman–Crippen MR) is 134 cm³/mol. The molecular formula is C24H27ClFN5O2S. The Kier molecular flexibility index (Phi) is 8.42. The van der Waals surface area contributed by atoms with E-state index in [4.69, 9.17) is 16.3 Å². The van der Waals surface area contributed by atoms with Crippen molar-refractivity contribution in [2.24, 2.45) is 0 Å². The zero-order chi connectivity index (χ0) is 23.9. The number of nitrogens with zero attached hydrogens (tertiary/aromatic N) is 3. The molecule has 4 rings (SSSR count). The van der Waals surface area contributed by atoms with Gasteiger partial charge in [-0.15, -0.1) is 0 Å². The van der Waals surface area contributed by atoms with Crippen LogP contribution in [-0.4, -0.2) is 31.3 Å². The monoisotopic (exact) mass is 503 g/mol. The molecule has 0 saturated heterocycles. The second-order valence-electron chi connectivity index (χ2n) is 8.12. The van der Waals surface area contributed by atoms with Gasteiger partial charge in [-0.2, -0.15) is 0 Å². The van der Waals surface area contributed by atoms with Gasteiger partial charge >= 0.3 is 0 Å². The van der Waals surface area contributed by atoms with Crippen LogP contribution in [0.25, 0.3) is 11.3 Å². The maximum atomic E-state index is 14.9. The van der Waals surface area contributed by atoms with Gasteiger partial charge in [0.1, 0.15) is 5.75 Å². The first-order valence-electron chi connectivity index (χ1n) is 11.4. The number of halogens is 2. The van der Waals surface area contributed by atoms with Gasteiger partial charge in [-0.1, -0.05) is 37.8 Å². The largest absolute Gasteiger partial charge is 0.593 e. The quantitative estimate of drug-likeness (QED) is 0.328. The number of rotatable bonds is 9. The number of aromatic nitrogens is 3. The van der Waals surface area contributed by atoms with Crippen molar-refractivity contribution >= 4 is 34.6 Å². The van der Waals surface area contributed by atoms with Crippen LogP contribution in [0, 0.1) is 5.82 Å². The highest BCUT2D eigenvalue weighted by Crippen LogP contribution is 2.37. The van der Waals surface area contributed by atoms with Crippen LogP contribution in [0.3, 0.4) is 0 Å². The highest BCUT2D eigenvalue weighted by atomic mass is 35.5. The minimum atomic E-state index is -1.31. The summed E-state index contributed by atoms with van der Waals surface area (Å²) in [6.45, 7) is 1.92. The van der Waals surface area contributed by atoms with Crippen LogP contribution in [0.5, 0.6) is 11.6 Å². The zero-order valence-electron chi connectivity index (χ0n) is 18.9. The van der Waals surface area contributed by atoms with Crippen LogP contribution in [0.1, 0.15) is 45.4 Å². The number of anilines is 2.